The minimum Gasteiger partial charge on any atom is -0.467 e. The van der Waals surface area contributed by atoms with E-state index in [1.54, 1.807) is 25.1 Å². The van der Waals surface area contributed by atoms with Gasteiger partial charge in [-0.05, 0) is 37.6 Å². The molecule has 2 atom stereocenters. The van der Waals surface area contributed by atoms with Crippen molar-refractivity contribution in [2.75, 3.05) is 13.4 Å². The zero-order valence-corrected chi connectivity index (χ0v) is 15.5. The lowest BCUT2D eigenvalue weighted by molar-refractivity contribution is -0.185. The Morgan fingerprint density at radius 2 is 1.85 bits per heavy atom. The number of aldehydes is 1. The number of ether oxygens (including phenoxy) is 4. The molecule has 2 aromatic rings. The standard InChI is InChI=1S/C21H24O6/c1-3-20(26-15-25-19-10-5-4-6-11-19)24-14-16(2)27-21(23)18-9-7-8-17(12-18)13-22/h4-13,16,20H,3,14-15H2,1-2H3. The average Bonchev–Trinajstić information content (AvgIpc) is 2.71. The topological polar surface area (TPSA) is 71.1 Å². The maximum atomic E-state index is 12.1. The molecule has 0 aliphatic rings. The summed E-state index contributed by atoms with van der Waals surface area (Å²) in [6.07, 6.45) is 0.378. The Bertz CT molecular complexity index is 716. The summed E-state index contributed by atoms with van der Waals surface area (Å²) in [6.45, 7) is 3.90. The molecule has 0 spiro atoms. The second kappa shape index (κ2) is 11.1. The van der Waals surface area contributed by atoms with Crippen LogP contribution in [0, 0.1) is 0 Å². The highest BCUT2D eigenvalue weighted by atomic mass is 16.7. The van der Waals surface area contributed by atoms with Gasteiger partial charge in [-0.2, -0.15) is 0 Å². The van der Waals surface area contributed by atoms with Crippen LogP contribution < -0.4 is 4.74 Å². The van der Waals surface area contributed by atoms with E-state index in [1.165, 1.54) is 6.07 Å². The molecule has 0 amide bonds. The summed E-state index contributed by atoms with van der Waals surface area (Å²) < 4.78 is 22.0. The summed E-state index contributed by atoms with van der Waals surface area (Å²) >= 11 is 0. The number of hydrogen-bond acceptors (Lipinski definition) is 6. The van der Waals surface area contributed by atoms with Gasteiger partial charge in [0, 0.05) is 5.56 Å². The van der Waals surface area contributed by atoms with Gasteiger partial charge < -0.3 is 18.9 Å². The van der Waals surface area contributed by atoms with Crippen molar-refractivity contribution >= 4 is 12.3 Å². The van der Waals surface area contributed by atoms with E-state index in [9.17, 15) is 9.59 Å². The lowest BCUT2D eigenvalue weighted by Crippen LogP contribution is -2.26. The van der Waals surface area contributed by atoms with Crippen molar-refractivity contribution in [3.63, 3.8) is 0 Å². The van der Waals surface area contributed by atoms with E-state index in [-0.39, 0.29) is 13.4 Å². The zero-order valence-electron chi connectivity index (χ0n) is 15.5. The Balaban J connectivity index is 1.72. The maximum Gasteiger partial charge on any atom is 0.338 e. The summed E-state index contributed by atoms with van der Waals surface area (Å²) in [5.74, 6) is 0.211. The molecule has 2 unspecified atom stereocenters. The summed E-state index contributed by atoms with van der Waals surface area (Å²) in [5, 5.41) is 0. The second-order valence-electron chi connectivity index (χ2n) is 5.87. The Hall–Kier alpha value is -2.70. The Morgan fingerprint density at radius 3 is 2.56 bits per heavy atom. The van der Waals surface area contributed by atoms with Gasteiger partial charge in [-0.15, -0.1) is 0 Å². The first kappa shape index (κ1) is 20.6. The number of para-hydroxylation sites is 1. The predicted octanol–water partition coefficient (Wildman–Crippen LogP) is 3.85. The van der Waals surface area contributed by atoms with Crippen molar-refractivity contribution in [1.29, 1.82) is 0 Å². The molecule has 0 bridgehead atoms. The van der Waals surface area contributed by atoms with Gasteiger partial charge in [0.2, 0.25) is 0 Å². The normalized spacial score (nSPS) is 12.8. The quantitative estimate of drug-likeness (QED) is 0.339. The average molecular weight is 372 g/mol. The van der Waals surface area contributed by atoms with Crippen LogP contribution in [0.1, 0.15) is 41.0 Å². The van der Waals surface area contributed by atoms with Crippen LogP contribution >= 0.6 is 0 Å². The van der Waals surface area contributed by atoms with Crippen LogP contribution in [-0.4, -0.2) is 38.0 Å². The van der Waals surface area contributed by atoms with Gasteiger partial charge >= 0.3 is 5.97 Å². The first-order valence-electron chi connectivity index (χ1n) is 8.79. The van der Waals surface area contributed by atoms with Gasteiger partial charge in [-0.1, -0.05) is 37.3 Å². The molecule has 0 saturated heterocycles. The van der Waals surface area contributed by atoms with Gasteiger partial charge in [0.25, 0.3) is 0 Å². The van der Waals surface area contributed by atoms with Crippen molar-refractivity contribution in [2.24, 2.45) is 0 Å². The molecule has 0 heterocycles. The molecule has 144 valence electrons. The lowest BCUT2D eigenvalue weighted by Gasteiger charge is -2.20. The Kier molecular flexibility index (Phi) is 8.48. The summed E-state index contributed by atoms with van der Waals surface area (Å²) in [5.41, 5.74) is 0.747. The second-order valence-corrected chi connectivity index (χ2v) is 5.87. The number of hydrogen-bond donors (Lipinski definition) is 0. The van der Waals surface area contributed by atoms with Crippen LogP contribution in [0.4, 0.5) is 0 Å². The molecule has 0 fully saturated rings. The smallest absolute Gasteiger partial charge is 0.338 e. The minimum atomic E-state index is -0.504. The third kappa shape index (κ3) is 7.21. The van der Waals surface area contributed by atoms with E-state index in [1.807, 2.05) is 37.3 Å². The number of esters is 1. The largest absolute Gasteiger partial charge is 0.467 e. The molecule has 0 aliphatic carbocycles. The first-order valence-corrected chi connectivity index (χ1v) is 8.79. The van der Waals surface area contributed by atoms with Crippen molar-refractivity contribution in [3.8, 4) is 5.75 Å². The monoisotopic (exact) mass is 372 g/mol. The van der Waals surface area contributed by atoms with Crippen LogP contribution in [0.5, 0.6) is 5.75 Å². The fourth-order valence-electron chi connectivity index (χ4n) is 2.25. The van der Waals surface area contributed by atoms with Gasteiger partial charge in [-0.3, -0.25) is 4.79 Å². The van der Waals surface area contributed by atoms with E-state index in [4.69, 9.17) is 18.9 Å². The van der Waals surface area contributed by atoms with Crippen molar-refractivity contribution in [1.82, 2.24) is 0 Å². The van der Waals surface area contributed by atoms with Crippen molar-refractivity contribution in [2.45, 2.75) is 32.7 Å². The molecule has 0 saturated carbocycles. The van der Waals surface area contributed by atoms with Crippen LogP contribution in [-0.2, 0) is 14.2 Å². The van der Waals surface area contributed by atoms with E-state index in [0.29, 0.717) is 29.6 Å². The lowest BCUT2D eigenvalue weighted by atomic mass is 10.1. The van der Waals surface area contributed by atoms with E-state index < -0.39 is 18.4 Å². The molecule has 0 N–H and O–H groups in total. The molecular formula is C21H24O6. The van der Waals surface area contributed by atoms with Gasteiger partial charge in [-0.25, -0.2) is 4.79 Å². The molecule has 27 heavy (non-hydrogen) atoms. The molecule has 2 rings (SSSR count). The van der Waals surface area contributed by atoms with Gasteiger partial charge in [0.1, 0.15) is 18.1 Å². The molecule has 0 radical (unpaired) electrons. The highest BCUT2D eigenvalue weighted by Crippen LogP contribution is 2.11. The number of carbonyl (C=O) groups excluding carboxylic acids is 2. The summed E-state index contributed by atoms with van der Waals surface area (Å²) in [4.78, 5) is 22.9. The minimum absolute atomic E-state index is 0.0647. The number of benzene rings is 2. The fraction of sp³-hybridized carbons (Fsp3) is 0.333. The van der Waals surface area contributed by atoms with Crippen LogP contribution in [0.3, 0.4) is 0 Å². The first-order chi connectivity index (χ1) is 13.1. The Morgan fingerprint density at radius 1 is 1.07 bits per heavy atom. The summed E-state index contributed by atoms with van der Waals surface area (Å²) in [7, 11) is 0. The zero-order chi connectivity index (χ0) is 19.5. The van der Waals surface area contributed by atoms with Crippen LogP contribution in [0.15, 0.2) is 54.6 Å². The number of carbonyl (C=O) groups is 2. The fourth-order valence-corrected chi connectivity index (χ4v) is 2.25. The van der Waals surface area contributed by atoms with Crippen molar-refractivity contribution < 1.29 is 28.5 Å². The Labute approximate surface area is 159 Å². The van der Waals surface area contributed by atoms with Crippen molar-refractivity contribution in [3.05, 3.63) is 65.7 Å². The van der Waals surface area contributed by atoms with E-state index >= 15 is 0 Å². The van der Waals surface area contributed by atoms with Crippen LogP contribution in [0.2, 0.25) is 0 Å². The molecule has 6 nitrogen and oxygen atoms in total. The van der Waals surface area contributed by atoms with Crippen LogP contribution in [0.25, 0.3) is 0 Å². The van der Waals surface area contributed by atoms with Gasteiger partial charge in [0.05, 0.1) is 12.2 Å². The highest BCUT2D eigenvalue weighted by Gasteiger charge is 2.15. The summed E-state index contributed by atoms with van der Waals surface area (Å²) in [6, 6.07) is 15.7. The van der Waals surface area contributed by atoms with E-state index in [0.717, 1.165) is 0 Å². The molecule has 2 aromatic carbocycles. The third-order valence-corrected chi connectivity index (χ3v) is 3.64. The third-order valence-electron chi connectivity index (χ3n) is 3.64. The predicted molar refractivity (Wildman–Crippen MR) is 99.8 cm³/mol. The van der Waals surface area contributed by atoms with E-state index in [2.05, 4.69) is 0 Å². The highest BCUT2D eigenvalue weighted by molar-refractivity contribution is 5.91. The number of rotatable bonds is 11. The molecule has 6 heteroatoms. The molecule has 0 aliphatic heterocycles. The SMILES string of the molecule is CCC(OCOc1ccccc1)OCC(C)OC(=O)c1cccc(C=O)c1. The molecule has 0 aromatic heterocycles. The molecular weight excluding hydrogens is 348 g/mol. The maximum absolute atomic E-state index is 12.1. The van der Waals surface area contributed by atoms with Gasteiger partial charge in [0.15, 0.2) is 13.1 Å².